The van der Waals surface area contributed by atoms with Crippen molar-refractivity contribution in [2.45, 2.75) is 19.8 Å². The maximum absolute atomic E-state index is 12.2. The molecule has 5 heteroatoms. The highest BCUT2D eigenvalue weighted by Gasteiger charge is 2.11. The lowest BCUT2D eigenvalue weighted by Crippen LogP contribution is -2.09. The normalized spacial score (nSPS) is 10.1. The first-order valence-electron chi connectivity index (χ1n) is 7.77. The third-order valence-corrected chi connectivity index (χ3v) is 3.32. The Balaban J connectivity index is 2.00. The fourth-order valence-corrected chi connectivity index (χ4v) is 1.99. The number of carbonyl (C=O) groups excluding carboxylic acids is 2. The first kappa shape index (κ1) is 17.5. The monoisotopic (exact) mass is 328 g/mol. The number of carbonyl (C=O) groups is 2. The van der Waals surface area contributed by atoms with Crippen LogP contribution in [0, 0.1) is 0 Å². The summed E-state index contributed by atoms with van der Waals surface area (Å²) in [6.07, 6.45) is 2.05. The number of methoxy groups -OCH3 is 1. The van der Waals surface area contributed by atoms with E-state index in [4.69, 9.17) is 9.47 Å². The van der Waals surface area contributed by atoms with Gasteiger partial charge in [0.15, 0.2) is 0 Å². The van der Waals surface area contributed by atoms with Crippen LogP contribution in [0.25, 0.3) is 0 Å². The summed E-state index contributed by atoms with van der Waals surface area (Å²) in [7, 11) is 1.30. The Hall–Kier alpha value is -2.82. The van der Waals surface area contributed by atoms with Crippen LogP contribution >= 0.6 is 0 Å². The molecule has 0 spiro atoms. The van der Waals surface area contributed by atoms with Crippen LogP contribution in [0.2, 0.25) is 0 Å². The fraction of sp³-hybridized carbons (Fsp3) is 0.263. The minimum Gasteiger partial charge on any atom is -0.494 e. The van der Waals surface area contributed by atoms with E-state index in [9.17, 15) is 9.59 Å². The molecule has 0 amide bonds. The number of unbranched alkanes of at least 4 members (excludes halogenated alkanes) is 1. The van der Waals surface area contributed by atoms with E-state index in [1.165, 1.54) is 13.2 Å². The first-order valence-corrected chi connectivity index (χ1v) is 7.77. The summed E-state index contributed by atoms with van der Waals surface area (Å²) < 4.78 is 15.5. The molecule has 0 aliphatic heterocycles. The van der Waals surface area contributed by atoms with E-state index >= 15 is 0 Å². The molecule has 0 saturated carbocycles. The highest BCUT2D eigenvalue weighted by Crippen LogP contribution is 2.18. The van der Waals surface area contributed by atoms with E-state index < -0.39 is 11.9 Å². The molecule has 0 bridgehead atoms. The molecule has 2 rings (SSSR count). The van der Waals surface area contributed by atoms with E-state index in [0.717, 1.165) is 12.8 Å². The van der Waals surface area contributed by atoms with Crippen LogP contribution in [0.5, 0.6) is 11.5 Å². The fourth-order valence-electron chi connectivity index (χ4n) is 1.99. The van der Waals surface area contributed by atoms with E-state index in [-0.39, 0.29) is 5.75 Å². The Morgan fingerprint density at radius 3 is 2.33 bits per heavy atom. The predicted octanol–water partition coefficient (Wildman–Crippen LogP) is 3.87. The highest BCUT2D eigenvalue weighted by atomic mass is 16.5. The van der Waals surface area contributed by atoms with Crippen LogP contribution in [0.4, 0.5) is 0 Å². The van der Waals surface area contributed by atoms with Crippen molar-refractivity contribution in [3.05, 3.63) is 59.7 Å². The van der Waals surface area contributed by atoms with Gasteiger partial charge >= 0.3 is 11.9 Å². The molecule has 0 heterocycles. The summed E-state index contributed by atoms with van der Waals surface area (Å²) >= 11 is 0. The number of hydrogen-bond acceptors (Lipinski definition) is 5. The molecule has 24 heavy (non-hydrogen) atoms. The van der Waals surface area contributed by atoms with Crippen LogP contribution in [-0.4, -0.2) is 25.7 Å². The third-order valence-electron chi connectivity index (χ3n) is 3.32. The minimum atomic E-state index is -0.503. The molecule has 0 aliphatic carbocycles. The van der Waals surface area contributed by atoms with Crippen LogP contribution in [-0.2, 0) is 4.74 Å². The second-order valence-electron chi connectivity index (χ2n) is 5.14. The molecule has 2 aromatic carbocycles. The van der Waals surface area contributed by atoms with E-state index in [1.807, 2.05) is 0 Å². The van der Waals surface area contributed by atoms with Gasteiger partial charge in [0.1, 0.15) is 11.5 Å². The lowest BCUT2D eigenvalue weighted by molar-refractivity contribution is 0.0597. The Kier molecular flexibility index (Phi) is 6.37. The Morgan fingerprint density at radius 1 is 0.917 bits per heavy atom. The maximum atomic E-state index is 12.2. The molecule has 0 fully saturated rings. The lowest BCUT2D eigenvalue weighted by Gasteiger charge is -2.08. The number of hydrogen-bond donors (Lipinski definition) is 0. The second kappa shape index (κ2) is 8.72. The Bertz CT molecular complexity index is 691. The zero-order valence-corrected chi connectivity index (χ0v) is 13.8. The van der Waals surface area contributed by atoms with Gasteiger partial charge < -0.3 is 14.2 Å². The summed E-state index contributed by atoms with van der Waals surface area (Å²) in [5.41, 5.74) is 0.726. The number of ether oxygens (including phenoxy) is 3. The molecule has 0 aromatic heterocycles. The van der Waals surface area contributed by atoms with Gasteiger partial charge in [-0.25, -0.2) is 9.59 Å². The van der Waals surface area contributed by atoms with Crippen LogP contribution in [0.3, 0.4) is 0 Å². The molecular weight excluding hydrogens is 308 g/mol. The number of rotatable bonds is 7. The van der Waals surface area contributed by atoms with Gasteiger partial charge in [0.25, 0.3) is 0 Å². The van der Waals surface area contributed by atoms with Crippen molar-refractivity contribution < 1.29 is 23.8 Å². The van der Waals surface area contributed by atoms with Crippen molar-refractivity contribution in [2.24, 2.45) is 0 Å². The summed E-state index contributed by atoms with van der Waals surface area (Å²) in [5.74, 6) is 0.0115. The molecule has 0 saturated heterocycles. The van der Waals surface area contributed by atoms with Crippen molar-refractivity contribution in [3.8, 4) is 11.5 Å². The molecule has 0 atom stereocenters. The smallest absolute Gasteiger partial charge is 0.343 e. The molecule has 2 aromatic rings. The summed E-state index contributed by atoms with van der Waals surface area (Å²) in [6, 6.07) is 13.0. The van der Waals surface area contributed by atoms with E-state index in [1.54, 1.807) is 42.5 Å². The highest BCUT2D eigenvalue weighted by molar-refractivity contribution is 5.92. The van der Waals surface area contributed by atoms with Gasteiger partial charge in [-0.05, 0) is 48.9 Å². The van der Waals surface area contributed by atoms with E-state index in [2.05, 4.69) is 11.7 Å². The maximum Gasteiger partial charge on any atom is 0.343 e. The van der Waals surface area contributed by atoms with Gasteiger partial charge in [-0.1, -0.05) is 19.4 Å². The van der Waals surface area contributed by atoms with Gasteiger partial charge in [-0.15, -0.1) is 0 Å². The first-order chi connectivity index (χ1) is 11.6. The zero-order valence-electron chi connectivity index (χ0n) is 13.8. The largest absolute Gasteiger partial charge is 0.494 e. The molecule has 0 radical (unpaired) electrons. The summed E-state index contributed by atoms with van der Waals surface area (Å²) in [4.78, 5) is 23.6. The SMILES string of the molecule is CCCCOc1ccc(C(=O)Oc2cccc(C(=O)OC)c2)cc1. The van der Waals surface area contributed by atoms with E-state index in [0.29, 0.717) is 23.5 Å². The topological polar surface area (TPSA) is 61.8 Å². The lowest BCUT2D eigenvalue weighted by atomic mass is 10.2. The van der Waals surface area contributed by atoms with Crippen molar-refractivity contribution in [3.63, 3.8) is 0 Å². The minimum absolute atomic E-state index is 0.283. The summed E-state index contributed by atoms with van der Waals surface area (Å²) in [6.45, 7) is 2.75. The van der Waals surface area contributed by atoms with Crippen LogP contribution in [0.1, 0.15) is 40.5 Å². The predicted molar refractivity (Wildman–Crippen MR) is 89.6 cm³/mol. The van der Waals surface area contributed by atoms with Gasteiger partial charge in [0.2, 0.25) is 0 Å². The Morgan fingerprint density at radius 2 is 1.67 bits per heavy atom. The van der Waals surface area contributed by atoms with Crippen LogP contribution < -0.4 is 9.47 Å². The van der Waals surface area contributed by atoms with Gasteiger partial charge in [-0.3, -0.25) is 0 Å². The van der Waals surface area contributed by atoms with Crippen LogP contribution in [0.15, 0.2) is 48.5 Å². The quantitative estimate of drug-likeness (QED) is 0.438. The third kappa shape index (κ3) is 4.84. The average molecular weight is 328 g/mol. The standard InChI is InChI=1S/C19H20O5/c1-3-4-12-23-16-10-8-14(9-11-16)19(21)24-17-7-5-6-15(13-17)18(20)22-2/h5-11,13H,3-4,12H2,1-2H3. The molecule has 0 N–H and O–H groups in total. The molecule has 0 unspecified atom stereocenters. The van der Waals surface area contributed by atoms with Gasteiger partial charge in [0, 0.05) is 0 Å². The van der Waals surface area contributed by atoms with Crippen molar-refractivity contribution in [1.29, 1.82) is 0 Å². The average Bonchev–Trinajstić information content (AvgIpc) is 2.62. The van der Waals surface area contributed by atoms with Gasteiger partial charge in [-0.2, -0.15) is 0 Å². The molecular formula is C19H20O5. The van der Waals surface area contributed by atoms with Crippen molar-refractivity contribution in [2.75, 3.05) is 13.7 Å². The van der Waals surface area contributed by atoms with Crippen molar-refractivity contribution in [1.82, 2.24) is 0 Å². The Labute approximate surface area is 141 Å². The summed E-state index contributed by atoms with van der Waals surface area (Å²) in [5, 5.41) is 0. The molecule has 0 aliphatic rings. The van der Waals surface area contributed by atoms with Gasteiger partial charge in [0.05, 0.1) is 24.8 Å². The zero-order chi connectivity index (χ0) is 17.4. The number of esters is 2. The molecule has 126 valence electrons. The molecule has 5 nitrogen and oxygen atoms in total. The second-order valence-corrected chi connectivity index (χ2v) is 5.14. The number of benzene rings is 2. The van der Waals surface area contributed by atoms with Crippen molar-refractivity contribution >= 4 is 11.9 Å².